The van der Waals surface area contributed by atoms with E-state index in [1.807, 2.05) is 30.3 Å². The zero-order chi connectivity index (χ0) is 15.4. The summed E-state index contributed by atoms with van der Waals surface area (Å²) in [6.45, 7) is 4.72. The van der Waals surface area contributed by atoms with Crippen LogP contribution in [0.15, 0.2) is 40.9 Å². The first kappa shape index (κ1) is 16.5. The van der Waals surface area contributed by atoms with E-state index >= 15 is 0 Å². The van der Waals surface area contributed by atoms with E-state index in [-0.39, 0.29) is 11.9 Å². The average molecular weight is 371 g/mol. The average Bonchev–Trinajstić information content (AvgIpc) is 2.46. The van der Waals surface area contributed by atoms with Crippen LogP contribution >= 0.6 is 27.5 Å². The summed E-state index contributed by atoms with van der Waals surface area (Å²) in [6, 6.07) is 10.9. The van der Waals surface area contributed by atoms with Gasteiger partial charge >= 0.3 is 0 Å². The second kappa shape index (κ2) is 7.39. The van der Waals surface area contributed by atoms with Crippen molar-refractivity contribution < 1.29 is 4.39 Å². The van der Waals surface area contributed by atoms with Crippen LogP contribution in [-0.4, -0.2) is 6.54 Å². The Morgan fingerprint density at radius 2 is 2.00 bits per heavy atom. The van der Waals surface area contributed by atoms with Crippen molar-refractivity contribution in [3.05, 3.63) is 68.4 Å². The molecule has 0 bridgehead atoms. The maximum absolute atomic E-state index is 13.9. The van der Waals surface area contributed by atoms with Crippen LogP contribution in [-0.2, 0) is 0 Å². The van der Waals surface area contributed by atoms with Crippen LogP contribution < -0.4 is 5.32 Å². The second-order valence-corrected chi connectivity index (χ2v) is 6.35. The molecule has 0 aliphatic rings. The Hall–Kier alpha value is -0.900. The quantitative estimate of drug-likeness (QED) is 0.718. The topological polar surface area (TPSA) is 12.0 Å². The van der Waals surface area contributed by atoms with E-state index in [1.165, 1.54) is 0 Å². The van der Waals surface area contributed by atoms with Gasteiger partial charge in [-0.05, 0) is 60.8 Å². The van der Waals surface area contributed by atoms with E-state index in [4.69, 9.17) is 11.6 Å². The number of halogens is 3. The summed E-state index contributed by atoms with van der Waals surface area (Å²) < 4.78 is 14.9. The molecular formula is C17H18BrClFN. The third kappa shape index (κ3) is 4.06. The predicted molar refractivity (Wildman–Crippen MR) is 90.4 cm³/mol. The van der Waals surface area contributed by atoms with Gasteiger partial charge in [-0.15, -0.1) is 0 Å². The minimum atomic E-state index is -0.186. The molecule has 0 aliphatic heterocycles. The van der Waals surface area contributed by atoms with Crippen molar-refractivity contribution in [1.29, 1.82) is 0 Å². The Labute approximate surface area is 138 Å². The van der Waals surface area contributed by atoms with Crippen molar-refractivity contribution in [1.82, 2.24) is 5.32 Å². The molecule has 2 rings (SSSR count). The maximum atomic E-state index is 13.9. The summed E-state index contributed by atoms with van der Waals surface area (Å²) >= 11 is 9.68. The first-order chi connectivity index (χ1) is 10.0. The minimum Gasteiger partial charge on any atom is -0.306 e. The van der Waals surface area contributed by atoms with Crippen molar-refractivity contribution in [2.75, 3.05) is 6.54 Å². The number of rotatable bonds is 5. The SMILES string of the molecule is CCCNC(c1ccc(C)c(F)c1)c1cc(Cl)ccc1Br. The predicted octanol–water partition coefficient (Wildman–Crippen LogP) is 5.64. The van der Waals surface area contributed by atoms with Gasteiger partial charge in [-0.1, -0.05) is 46.6 Å². The van der Waals surface area contributed by atoms with E-state index in [0.29, 0.717) is 10.6 Å². The van der Waals surface area contributed by atoms with Crippen molar-refractivity contribution in [2.24, 2.45) is 0 Å². The molecule has 2 aromatic rings. The number of aryl methyl sites for hydroxylation is 1. The smallest absolute Gasteiger partial charge is 0.126 e. The highest BCUT2D eigenvalue weighted by Gasteiger charge is 2.17. The molecule has 0 saturated heterocycles. The van der Waals surface area contributed by atoms with E-state index in [0.717, 1.165) is 28.6 Å². The van der Waals surface area contributed by atoms with Gasteiger partial charge in [-0.3, -0.25) is 0 Å². The lowest BCUT2D eigenvalue weighted by Gasteiger charge is -2.21. The van der Waals surface area contributed by atoms with Crippen LogP contribution in [0, 0.1) is 12.7 Å². The molecule has 0 saturated carbocycles. The lowest BCUT2D eigenvalue weighted by Crippen LogP contribution is -2.23. The third-order valence-corrected chi connectivity index (χ3v) is 4.35. The van der Waals surface area contributed by atoms with Gasteiger partial charge in [0.25, 0.3) is 0 Å². The highest BCUT2D eigenvalue weighted by Crippen LogP contribution is 2.31. The standard InChI is InChI=1S/C17H18BrClFN/c1-3-8-21-17(12-5-4-11(2)16(20)9-12)14-10-13(19)6-7-15(14)18/h4-7,9-10,17,21H,3,8H2,1-2H3. The fourth-order valence-electron chi connectivity index (χ4n) is 2.22. The summed E-state index contributed by atoms with van der Waals surface area (Å²) in [6.07, 6.45) is 1.00. The van der Waals surface area contributed by atoms with Gasteiger partial charge in [0.15, 0.2) is 0 Å². The number of hydrogen-bond donors (Lipinski definition) is 1. The molecule has 1 nitrogen and oxygen atoms in total. The Balaban J connectivity index is 2.46. The van der Waals surface area contributed by atoms with Crippen LogP contribution in [0.3, 0.4) is 0 Å². The van der Waals surface area contributed by atoms with Crippen LogP contribution in [0.25, 0.3) is 0 Å². The van der Waals surface area contributed by atoms with E-state index in [1.54, 1.807) is 13.0 Å². The van der Waals surface area contributed by atoms with Gasteiger partial charge in [0.1, 0.15) is 5.82 Å². The molecular weight excluding hydrogens is 353 g/mol. The third-order valence-electron chi connectivity index (χ3n) is 3.40. The van der Waals surface area contributed by atoms with Crippen molar-refractivity contribution >= 4 is 27.5 Å². The molecule has 0 fully saturated rings. The Bertz CT molecular complexity index is 630. The second-order valence-electron chi connectivity index (χ2n) is 5.06. The monoisotopic (exact) mass is 369 g/mol. The van der Waals surface area contributed by atoms with Crippen LogP contribution in [0.2, 0.25) is 5.02 Å². The Morgan fingerprint density at radius 1 is 1.24 bits per heavy atom. The molecule has 112 valence electrons. The van der Waals surface area contributed by atoms with Crippen LogP contribution in [0.4, 0.5) is 4.39 Å². The summed E-state index contributed by atoms with van der Waals surface area (Å²) in [5.74, 6) is -0.186. The highest BCUT2D eigenvalue weighted by molar-refractivity contribution is 9.10. The number of nitrogens with one attached hydrogen (secondary N) is 1. The fraction of sp³-hybridized carbons (Fsp3) is 0.294. The Morgan fingerprint density at radius 3 is 2.67 bits per heavy atom. The summed E-state index contributed by atoms with van der Waals surface area (Å²) in [4.78, 5) is 0. The molecule has 4 heteroatoms. The summed E-state index contributed by atoms with van der Waals surface area (Å²) in [5.41, 5.74) is 2.56. The van der Waals surface area contributed by atoms with Gasteiger partial charge in [-0.2, -0.15) is 0 Å². The van der Waals surface area contributed by atoms with E-state index in [9.17, 15) is 4.39 Å². The fourth-order valence-corrected chi connectivity index (χ4v) is 2.88. The van der Waals surface area contributed by atoms with Gasteiger partial charge in [0.2, 0.25) is 0 Å². The molecule has 0 spiro atoms. The van der Waals surface area contributed by atoms with Crippen molar-refractivity contribution in [3.63, 3.8) is 0 Å². The molecule has 1 atom stereocenters. The summed E-state index contributed by atoms with van der Waals surface area (Å²) in [7, 11) is 0. The minimum absolute atomic E-state index is 0.0897. The zero-order valence-corrected chi connectivity index (χ0v) is 14.4. The summed E-state index contributed by atoms with van der Waals surface area (Å²) in [5, 5.41) is 4.13. The van der Waals surface area contributed by atoms with Gasteiger partial charge in [-0.25, -0.2) is 4.39 Å². The van der Waals surface area contributed by atoms with Crippen molar-refractivity contribution in [3.8, 4) is 0 Å². The first-order valence-corrected chi connectivity index (χ1v) is 8.14. The molecule has 0 radical (unpaired) electrons. The highest BCUT2D eigenvalue weighted by atomic mass is 79.9. The molecule has 1 N–H and O–H groups in total. The molecule has 21 heavy (non-hydrogen) atoms. The molecule has 1 unspecified atom stereocenters. The largest absolute Gasteiger partial charge is 0.306 e. The Kier molecular flexibility index (Phi) is 5.80. The molecule has 0 amide bonds. The first-order valence-electron chi connectivity index (χ1n) is 6.97. The van der Waals surface area contributed by atoms with Gasteiger partial charge < -0.3 is 5.32 Å². The zero-order valence-electron chi connectivity index (χ0n) is 12.1. The van der Waals surface area contributed by atoms with E-state index in [2.05, 4.69) is 28.2 Å². The normalized spacial score (nSPS) is 12.4. The van der Waals surface area contributed by atoms with Crippen molar-refractivity contribution in [2.45, 2.75) is 26.3 Å². The molecule has 2 aromatic carbocycles. The van der Waals surface area contributed by atoms with Gasteiger partial charge in [0, 0.05) is 9.50 Å². The van der Waals surface area contributed by atoms with Crippen LogP contribution in [0.1, 0.15) is 36.1 Å². The van der Waals surface area contributed by atoms with E-state index < -0.39 is 0 Å². The van der Waals surface area contributed by atoms with Gasteiger partial charge in [0.05, 0.1) is 6.04 Å². The molecule has 0 heterocycles. The molecule has 0 aromatic heterocycles. The number of hydrogen-bond acceptors (Lipinski definition) is 1. The lowest BCUT2D eigenvalue weighted by atomic mass is 9.97. The number of benzene rings is 2. The lowest BCUT2D eigenvalue weighted by molar-refractivity contribution is 0.581. The molecule has 0 aliphatic carbocycles. The maximum Gasteiger partial charge on any atom is 0.126 e. The van der Waals surface area contributed by atoms with Crippen LogP contribution in [0.5, 0.6) is 0 Å².